The number of hydrogen-bond donors (Lipinski definition) is 2. The minimum atomic E-state index is -3.85. The van der Waals surface area contributed by atoms with Gasteiger partial charge in [0, 0.05) is 37.1 Å². The summed E-state index contributed by atoms with van der Waals surface area (Å²) in [7, 11) is -3.85. The van der Waals surface area contributed by atoms with E-state index >= 15 is 0 Å². The maximum Gasteiger partial charge on any atom is 0.337 e. The fourth-order valence-corrected chi connectivity index (χ4v) is 6.00. The monoisotopic (exact) mass is 493 g/mol. The fraction of sp³-hybridized carbons (Fsp3) is 0.296. The Morgan fingerprint density at radius 3 is 2.37 bits per heavy atom. The highest BCUT2D eigenvalue weighted by atomic mass is 32.2. The number of anilines is 3. The number of aromatic carboxylic acids is 1. The minimum absolute atomic E-state index is 0.0713. The maximum atomic E-state index is 13.0. The molecule has 0 amide bonds. The van der Waals surface area contributed by atoms with Crippen LogP contribution in [-0.4, -0.2) is 45.2 Å². The van der Waals surface area contributed by atoms with Crippen molar-refractivity contribution in [3.8, 4) is 0 Å². The standard InChI is InChI=1S/C27H31N3O4S/c1-18-6-5-7-23(15-18)30-13-12-29(17-21(30)4)25-10-9-22(16-24(25)27(31)32)28-35(33,34)26-11-8-19(2)14-20(26)3/h5-11,14-16,21,28H,12-13,17H2,1-4H3,(H,31,32)/t21-/m0/s1. The third-order valence-corrected chi connectivity index (χ3v) is 7.94. The molecule has 4 rings (SSSR count). The first-order valence-corrected chi connectivity index (χ1v) is 13.1. The molecule has 0 spiro atoms. The van der Waals surface area contributed by atoms with Crippen LogP contribution < -0.4 is 14.5 Å². The van der Waals surface area contributed by atoms with Crippen molar-refractivity contribution in [3.05, 3.63) is 82.9 Å². The summed E-state index contributed by atoms with van der Waals surface area (Å²) in [6.07, 6.45) is 0. The first kappa shape index (κ1) is 24.6. The van der Waals surface area contributed by atoms with Crippen molar-refractivity contribution >= 4 is 33.1 Å². The Morgan fingerprint density at radius 2 is 1.71 bits per heavy atom. The zero-order valence-corrected chi connectivity index (χ0v) is 21.3. The molecular formula is C27H31N3O4S. The molecule has 0 aliphatic carbocycles. The lowest BCUT2D eigenvalue weighted by molar-refractivity contribution is 0.0697. The van der Waals surface area contributed by atoms with E-state index in [0.717, 1.165) is 17.8 Å². The molecule has 0 aromatic heterocycles. The number of rotatable bonds is 6. The van der Waals surface area contributed by atoms with Crippen molar-refractivity contribution in [2.24, 2.45) is 0 Å². The topological polar surface area (TPSA) is 90.0 Å². The van der Waals surface area contributed by atoms with Crippen LogP contribution in [0.1, 0.15) is 34.0 Å². The number of hydrogen-bond acceptors (Lipinski definition) is 5. The van der Waals surface area contributed by atoms with Crippen molar-refractivity contribution < 1.29 is 18.3 Å². The molecule has 1 heterocycles. The van der Waals surface area contributed by atoms with Gasteiger partial charge in [0.25, 0.3) is 10.0 Å². The van der Waals surface area contributed by atoms with E-state index in [1.165, 1.54) is 11.6 Å². The molecule has 8 heteroatoms. The van der Waals surface area contributed by atoms with E-state index in [1.54, 1.807) is 37.3 Å². The van der Waals surface area contributed by atoms with Crippen LogP contribution in [0, 0.1) is 20.8 Å². The first-order chi connectivity index (χ1) is 16.5. The van der Waals surface area contributed by atoms with Crippen LogP contribution >= 0.6 is 0 Å². The van der Waals surface area contributed by atoms with Crippen LogP contribution in [0.2, 0.25) is 0 Å². The summed E-state index contributed by atoms with van der Waals surface area (Å²) in [6, 6.07) is 18.4. The van der Waals surface area contributed by atoms with Crippen LogP contribution in [0.5, 0.6) is 0 Å². The zero-order valence-electron chi connectivity index (χ0n) is 20.4. The summed E-state index contributed by atoms with van der Waals surface area (Å²) in [6.45, 7) is 9.90. The molecule has 1 atom stereocenters. The summed E-state index contributed by atoms with van der Waals surface area (Å²) >= 11 is 0. The smallest absolute Gasteiger partial charge is 0.337 e. The molecule has 184 valence electrons. The van der Waals surface area contributed by atoms with Crippen molar-refractivity contribution in [1.82, 2.24) is 0 Å². The number of carboxylic acid groups (broad SMARTS) is 1. The third-order valence-electron chi connectivity index (χ3n) is 6.40. The predicted molar refractivity (Wildman–Crippen MR) is 140 cm³/mol. The molecule has 0 unspecified atom stereocenters. The SMILES string of the molecule is Cc1cccc(N2CCN(c3ccc(NS(=O)(=O)c4ccc(C)cc4C)cc3C(=O)O)C[C@@H]2C)c1. The van der Waals surface area contributed by atoms with E-state index in [-0.39, 0.29) is 22.2 Å². The molecule has 1 aliphatic rings. The van der Waals surface area contributed by atoms with Gasteiger partial charge in [0.1, 0.15) is 0 Å². The molecule has 35 heavy (non-hydrogen) atoms. The van der Waals surface area contributed by atoms with Gasteiger partial charge in [-0.2, -0.15) is 0 Å². The number of benzene rings is 3. The largest absolute Gasteiger partial charge is 0.478 e. The molecule has 1 aliphatic heterocycles. The maximum absolute atomic E-state index is 13.0. The summed E-state index contributed by atoms with van der Waals surface area (Å²) in [5, 5.41) is 9.92. The molecular weight excluding hydrogens is 462 g/mol. The Labute approximate surface area is 207 Å². The van der Waals surface area contributed by atoms with Gasteiger partial charge in [-0.15, -0.1) is 0 Å². The molecule has 1 saturated heterocycles. The Balaban J connectivity index is 1.57. The number of carbonyl (C=O) groups is 1. The molecule has 0 bridgehead atoms. The molecule has 0 radical (unpaired) electrons. The second kappa shape index (κ2) is 9.62. The van der Waals surface area contributed by atoms with Crippen LogP contribution in [-0.2, 0) is 10.0 Å². The zero-order chi connectivity index (χ0) is 25.3. The van der Waals surface area contributed by atoms with Gasteiger partial charge in [-0.25, -0.2) is 13.2 Å². The highest BCUT2D eigenvalue weighted by Crippen LogP contribution is 2.30. The average Bonchev–Trinajstić information content (AvgIpc) is 2.78. The minimum Gasteiger partial charge on any atom is -0.478 e. The van der Waals surface area contributed by atoms with Gasteiger partial charge < -0.3 is 14.9 Å². The Hall–Kier alpha value is -3.52. The van der Waals surface area contributed by atoms with Crippen LogP contribution in [0.25, 0.3) is 0 Å². The van der Waals surface area contributed by atoms with Crippen LogP contribution in [0.15, 0.2) is 65.6 Å². The first-order valence-electron chi connectivity index (χ1n) is 11.6. The van der Waals surface area contributed by atoms with Gasteiger partial charge in [0.15, 0.2) is 0 Å². The number of carboxylic acids is 1. The normalized spacial score (nSPS) is 16.3. The van der Waals surface area contributed by atoms with E-state index in [9.17, 15) is 18.3 Å². The summed E-state index contributed by atoms with van der Waals surface area (Å²) in [4.78, 5) is 16.7. The number of nitrogens with one attached hydrogen (secondary N) is 1. The van der Waals surface area contributed by atoms with Crippen LogP contribution in [0.3, 0.4) is 0 Å². The van der Waals surface area contributed by atoms with E-state index in [4.69, 9.17) is 0 Å². The van der Waals surface area contributed by atoms with Gasteiger partial charge in [0.05, 0.1) is 16.1 Å². The number of nitrogens with zero attached hydrogens (tertiary/aromatic N) is 2. The van der Waals surface area contributed by atoms with Gasteiger partial charge in [-0.3, -0.25) is 4.72 Å². The lowest BCUT2D eigenvalue weighted by atomic mass is 10.1. The van der Waals surface area contributed by atoms with E-state index < -0.39 is 16.0 Å². The number of aryl methyl sites for hydroxylation is 3. The van der Waals surface area contributed by atoms with Crippen molar-refractivity contribution in [2.75, 3.05) is 34.2 Å². The summed E-state index contributed by atoms with van der Waals surface area (Å²) < 4.78 is 28.5. The molecule has 3 aromatic rings. The lowest BCUT2D eigenvalue weighted by Gasteiger charge is -2.42. The van der Waals surface area contributed by atoms with Gasteiger partial charge in [0.2, 0.25) is 0 Å². The van der Waals surface area contributed by atoms with E-state index in [1.807, 2.05) is 13.0 Å². The Kier molecular flexibility index (Phi) is 6.76. The average molecular weight is 494 g/mol. The van der Waals surface area contributed by atoms with Crippen LogP contribution in [0.4, 0.5) is 17.1 Å². The number of sulfonamides is 1. The fourth-order valence-electron chi connectivity index (χ4n) is 4.72. The van der Waals surface area contributed by atoms with E-state index in [2.05, 4.69) is 46.6 Å². The lowest BCUT2D eigenvalue weighted by Crippen LogP contribution is -2.52. The quantitative estimate of drug-likeness (QED) is 0.511. The van der Waals surface area contributed by atoms with Crippen molar-refractivity contribution in [3.63, 3.8) is 0 Å². The number of piperazine rings is 1. The summed E-state index contributed by atoms with van der Waals surface area (Å²) in [5.41, 5.74) is 4.84. The van der Waals surface area contributed by atoms with Gasteiger partial charge in [-0.1, -0.05) is 29.8 Å². The van der Waals surface area contributed by atoms with Crippen molar-refractivity contribution in [1.29, 1.82) is 0 Å². The molecule has 3 aromatic carbocycles. The predicted octanol–water partition coefficient (Wildman–Crippen LogP) is 4.83. The van der Waals surface area contributed by atoms with E-state index in [0.29, 0.717) is 24.3 Å². The third kappa shape index (κ3) is 5.27. The molecule has 7 nitrogen and oxygen atoms in total. The highest BCUT2D eigenvalue weighted by Gasteiger charge is 2.27. The Morgan fingerprint density at radius 1 is 0.971 bits per heavy atom. The highest BCUT2D eigenvalue weighted by molar-refractivity contribution is 7.92. The summed E-state index contributed by atoms with van der Waals surface area (Å²) in [5.74, 6) is -1.10. The van der Waals surface area contributed by atoms with Gasteiger partial charge in [-0.05, 0) is 75.2 Å². The molecule has 0 saturated carbocycles. The molecule has 1 fully saturated rings. The second-order valence-electron chi connectivity index (χ2n) is 9.24. The van der Waals surface area contributed by atoms with Crippen molar-refractivity contribution in [2.45, 2.75) is 38.6 Å². The second-order valence-corrected chi connectivity index (χ2v) is 10.9. The molecule has 2 N–H and O–H groups in total. The Bertz CT molecular complexity index is 1370. The van der Waals surface area contributed by atoms with Gasteiger partial charge >= 0.3 is 5.97 Å².